The number of amides is 2. The van der Waals surface area contributed by atoms with Gasteiger partial charge in [-0.3, -0.25) is 9.59 Å². The number of benzene rings is 4. The number of nitrogens with one attached hydrogen (secondary N) is 2. The maximum absolute atomic E-state index is 12.9. The number of carbonyl (C=O) groups is 2. The molecular formula is C29H21Cl2N3O2S2. The van der Waals surface area contributed by atoms with Crippen LogP contribution in [0.15, 0.2) is 101 Å². The Kier molecular flexibility index (Phi) is 8.29. The van der Waals surface area contributed by atoms with Gasteiger partial charge in [-0.2, -0.15) is 0 Å². The molecule has 5 aromatic rings. The SMILES string of the molecule is O=C(CSc1nc2ccc(NC(=O)c3ccc(Cl)c(Cl)c3)cc2s1)NC(c1ccccc1)c1ccccc1. The number of thiazole rings is 1. The van der Waals surface area contributed by atoms with Gasteiger partial charge in [0, 0.05) is 11.3 Å². The number of halogens is 2. The molecule has 0 unspecified atom stereocenters. The molecule has 0 bridgehead atoms. The van der Waals surface area contributed by atoms with E-state index in [-0.39, 0.29) is 23.6 Å². The van der Waals surface area contributed by atoms with Crippen LogP contribution in [-0.4, -0.2) is 22.6 Å². The summed E-state index contributed by atoms with van der Waals surface area (Å²) < 4.78 is 1.69. The minimum Gasteiger partial charge on any atom is -0.344 e. The Bertz CT molecular complexity index is 1550. The summed E-state index contributed by atoms with van der Waals surface area (Å²) in [6.45, 7) is 0. The lowest BCUT2D eigenvalue weighted by Gasteiger charge is -2.19. The van der Waals surface area contributed by atoms with E-state index in [0.29, 0.717) is 21.3 Å². The first-order valence-electron chi connectivity index (χ1n) is 11.7. The quantitative estimate of drug-likeness (QED) is 0.184. The topological polar surface area (TPSA) is 71.1 Å². The third-order valence-electron chi connectivity index (χ3n) is 5.71. The molecule has 0 radical (unpaired) electrons. The number of fused-ring (bicyclic) bond motifs is 1. The zero-order chi connectivity index (χ0) is 26.5. The van der Waals surface area contributed by atoms with Gasteiger partial charge >= 0.3 is 0 Å². The maximum atomic E-state index is 12.9. The van der Waals surface area contributed by atoms with E-state index in [1.54, 1.807) is 18.2 Å². The van der Waals surface area contributed by atoms with Crippen LogP contribution in [-0.2, 0) is 4.79 Å². The van der Waals surface area contributed by atoms with E-state index in [2.05, 4.69) is 15.6 Å². The van der Waals surface area contributed by atoms with E-state index in [4.69, 9.17) is 23.2 Å². The molecule has 0 atom stereocenters. The van der Waals surface area contributed by atoms with Gasteiger partial charge in [-0.1, -0.05) is 95.6 Å². The van der Waals surface area contributed by atoms with Gasteiger partial charge in [-0.15, -0.1) is 11.3 Å². The lowest BCUT2D eigenvalue weighted by atomic mass is 9.99. The van der Waals surface area contributed by atoms with Crippen LogP contribution in [0.5, 0.6) is 0 Å². The van der Waals surface area contributed by atoms with Crippen molar-refractivity contribution in [2.75, 3.05) is 11.1 Å². The Morgan fingerprint density at radius 3 is 2.18 bits per heavy atom. The summed E-state index contributed by atoms with van der Waals surface area (Å²) in [6, 6.07) is 29.8. The average Bonchev–Trinajstić information content (AvgIpc) is 3.35. The van der Waals surface area contributed by atoms with Crippen LogP contribution < -0.4 is 10.6 Å². The Hall–Kier alpha value is -3.36. The Labute approximate surface area is 238 Å². The Morgan fingerprint density at radius 2 is 1.53 bits per heavy atom. The first-order chi connectivity index (χ1) is 18.5. The van der Waals surface area contributed by atoms with Crippen LogP contribution in [0.2, 0.25) is 10.0 Å². The van der Waals surface area contributed by atoms with Gasteiger partial charge in [0.1, 0.15) is 0 Å². The Morgan fingerprint density at radius 1 is 0.842 bits per heavy atom. The second kappa shape index (κ2) is 12.0. The number of thioether (sulfide) groups is 1. The molecule has 0 fully saturated rings. The van der Waals surface area contributed by atoms with Crippen LogP contribution in [0.25, 0.3) is 10.2 Å². The summed E-state index contributed by atoms with van der Waals surface area (Å²) in [6.07, 6.45) is 0. The van der Waals surface area contributed by atoms with E-state index in [1.807, 2.05) is 72.8 Å². The smallest absolute Gasteiger partial charge is 0.255 e. The first-order valence-corrected chi connectivity index (χ1v) is 14.2. The summed E-state index contributed by atoms with van der Waals surface area (Å²) in [5.74, 6) is -0.136. The number of aromatic nitrogens is 1. The third-order valence-corrected chi connectivity index (χ3v) is 8.61. The highest BCUT2D eigenvalue weighted by Gasteiger charge is 2.17. The maximum Gasteiger partial charge on any atom is 0.255 e. The summed E-state index contributed by atoms with van der Waals surface area (Å²) in [5, 5.41) is 6.75. The molecule has 0 aliphatic rings. The van der Waals surface area contributed by atoms with Crippen molar-refractivity contribution in [3.63, 3.8) is 0 Å². The fraction of sp³-hybridized carbons (Fsp3) is 0.0690. The van der Waals surface area contributed by atoms with Crippen molar-refractivity contribution in [1.82, 2.24) is 10.3 Å². The van der Waals surface area contributed by atoms with Crippen molar-refractivity contribution in [3.05, 3.63) is 124 Å². The second-order valence-electron chi connectivity index (χ2n) is 8.36. The zero-order valence-electron chi connectivity index (χ0n) is 19.9. The van der Waals surface area contributed by atoms with Crippen molar-refractivity contribution >= 4 is 74.0 Å². The molecule has 5 nitrogen and oxygen atoms in total. The van der Waals surface area contributed by atoms with Gasteiger partial charge in [-0.05, 0) is 47.5 Å². The number of rotatable bonds is 8. The van der Waals surface area contributed by atoms with Crippen molar-refractivity contribution < 1.29 is 9.59 Å². The molecule has 0 spiro atoms. The van der Waals surface area contributed by atoms with E-state index in [0.717, 1.165) is 25.7 Å². The van der Waals surface area contributed by atoms with Crippen LogP contribution in [0.1, 0.15) is 27.5 Å². The molecule has 0 saturated heterocycles. The molecular weight excluding hydrogens is 557 g/mol. The molecule has 38 heavy (non-hydrogen) atoms. The molecule has 9 heteroatoms. The lowest BCUT2D eigenvalue weighted by molar-refractivity contribution is -0.119. The first kappa shape index (κ1) is 26.3. The van der Waals surface area contributed by atoms with Gasteiger partial charge in [-0.25, -0.2) is 4.98 Å². The molecule has 1 heterocycles. The van der Waals surface area contributed by atoms with E-state index in [9.17, 15) is 9.59 Å². The van der Waals surface area contributed by atoms with Gasteiger partial charge < -0.3 is 10.6 Å². The molecule has 2 N–H and O–H groups in total. The van der Waals surface area contributed by atoms with Gasteiger partial charge in [0.05, 0.1) is 32.1 Å². The minimum atomic E-state index is -0.287. The normalized spacial score (nSPS) is 11.0. The van der Waals surface area contributed by atoms with Crippen molar-refractivity contribution in [2.24, 2.45) is 0 Å². The number of anilines is 1. The number of hydrogen-bond acceptors (Lipinski definition) is 5. The van der Waals surface area contributed by atoms with E-state index < -0.39 is 0 Å². The second-order valence-corrected chi connectivity index (χ2v) is 11.4. The van der Waals surface area contributed by atoms with Crippen molar-refractivity contribution in [1.29, 1.82) is 0 Å². The van der Waals surface area contributed by atoms with Crippen LogP contribution in [0, 0.1) is 0 Å². The predicted octanol–water partition coefficient (Wildman–Crippen LogP) is 7.85. The fourth-order valence-electron chi connectivity index (χ4n) is 3.86. The molecule has 190 valence electrons. The molecule has 2 amide bonds. The summed E-state index contributed by atoms with van der Waals surface area (Å²) in [4.78, 5) is 30.2. The van der Waals surface area contributed by atoms with Crippen LogP contribution >= 0.6 is 46.3 Å². The number of carbonyl (C=O) groups excluding carboxylic acids is 2. The molecule has 0 aliphatic carbocycles. The van der Waals surface area contributed by atoms with Gasteiger partial charge in [0.2, 0.25) is 5.91 Å². The lowest BCUT2D eigenvalue weighted by Crippen LogP contribution is -2.30. The molecule has 0 aliphatic heterocycles. The zero-order valence-corrected chi connectivity index (χ0v) is 23.0. The van der Waals surface area contributed by atoms with Crippen molar-refractivity contribution in [3.8, 4) is 0 Å². The van der Waals surface area contributed by atoms with Gasteiger partial charge in [0.25, 0.3) is 5.91 Å². The summed E-state index contributed by atoms with van der Waals surface area (Å²) in [7, 11) is 0. The highest BCUT2D eigenvalue weighted by Crippen LogP contribution is 2.32. The van der Waals surface area contributed by atoms with Gasteiger partial charge in [0.15, 0.2) is 4.34 Å². The fourth-order valence-corrected chi connectivity index (χ4v) is 6.08. The van der Waals surface area contributed by atoms with Crippen LogP contribution in [0.3, 0.4) is 0 Å². The average molecular weight is 579 g/mol. The molecule has 0 saturated carbocycles. The highest BCUT2D eigenvalue weighted by molar-refractivity contribution is 8.01. The standard InChI is InChI=1S/C29H21Cl2N3O2S2/c30-22-13-11-20(15-23(22)31)28(36)32-21-12-14-24-25(16-21)38-29(33-24)37-17-26(35)34-27(18-7-3-1-4-8-18)19-9-5-2-6-10-19/h1-16,27H,17H2,(H,32,36)(H,34,35). The summed E-state index contributed by atoms with van der Waals surface area (Å²) >= 11 is 14.8. The monoisotopic (exact) mass is 577 g/mol. The number of nitrogens with zero attached hydrogens (tertiary/aromatic N) is 1. The predicted molar refractivity (Wildman–Crippen MR) is 158 cm³/mol. The molecule has 4 aromatic carbocycles. The highest BCUT2D eigenvalue weighted by atomic mass is 35.5. The minimum absolute atomic E-state index is 0.0819. The van der Waals surface area contributed by atoms with Crippen molar-refractivity contribution in [2.45, 2.75) is 10.4 Å². The molecule has 5 rings (SSSR count). The van der Waals surface area contributed by atoms with E-state index >= 15 is 0 Å². The summed E-state index contributed by atoms with van der Waals surface area (Å²) in [5.41, 5.74) is 3.90. The number of hydrogen-bond donors (Lipinski definition) is 2. The largest absolute Gasteiger partial charge is 0.344 e. The van der Waals surface area contributed by atoms with E-state index in [1.165, 1.54) is 29.2 Å². The Balaban J connectivity index is 1.24. The van der Waals surface area contributed by atoms with Crippen LogP contribution in [0.4, 0.5) is 5.69 Å². The third kappa shape index (κ3) is 6.37. The molecule has 1 aromatic heterocycles.